The van der Waals surface area contributed by atoms with Gasteiger partial charge in [0.15, 0.2) is 0 Å². The number of rotatable bonds is 15. The van der Waals surface area contributed by atoms with Crippen LogP contribution in [0.15, 0.2) is 36.4 Å². The number of nitrogens with zero attached hydrogens (tertiary/aromatic N) is 2. The van der Waals surface area contributed by atoms with E-state index >= 15 is 0 Å². The van der Waals surface area contributed by atoms with E-state index in [9.17, 15) is 0 Å². The molecule has 2 rings (SSSR count). The number of hydrogen-bond donors (Lipinski definition) is 2. The summed E-state index contributed by atoms with van der Waals surface area (Å²) >= 11 is 0. The Morgan fingerprint density at radius 2 is 0.893 bits per heavy atom. The minimum absolute atomic E-state index is 0.0736. The molecule has 0 aliphatic carbocycles. The van der Waals surface area contributed by atoms with Crippen LogP contribution in [-0.4, -0.2) is 59.8 Å². The summed E-state index contributed by atoms with van der Waals surface area (Å²) in [5, 5.41) is 18.1. The van der Waals surface area contributed by atoms with Crippen molar-refractivity contribution < 1.29 is 29.2 Å². The highest BCUT2D eigenvalue weighted by atomic mass is 16.6. The van der Waals surface area contributed by atoms with Crippen molar-refractivity contribution in [3.8, 4) is 0 Å². The molecular weight excluding hydrogens is 364 g/mol. The Kier molecular flexibility index (Phi) is 11.3. The Labute approximate surface area is 165 Å². The van der Waals surface area contributed by atoms with Crippen molar-refractivity contribution in [2.45, 2.75) is 26.4 Å². The lowest BCUT2D eigenvalue weighted by atomic mass is 10.3. The van der Waals surface area contributed by atoms with Gasteiger partial charge in [-0.05, 0) is 24.3 Å². The third-order valence-corrected chi connectivity index (χ3v) is 3.67. The van der Waals surface area contributed by atoms with Gasteiger partial charge in [-0.15, -0.1) is 0 Å². The first-order chi connectivity index (χ1) is 13.8. The Morgan fingerprint density at radius 3 is 1.29 bits per heavy atom. The predicted octanol–water partition coefficient (Wildman–Crippen LogP) is 1.23. The monoisotopic (exact) mass is 392 g/mol. The standard InChI is InChI=1S/C20H28N2O6/c23-13-17-3-1-5-19(21-17)15-27-11-9-25-7-8-26-10-12-28-16-20-6-2-4-18(14-24)22-20/h1-6,23-24H,7-16H2. The number of aromatic nitrogens is 2. The summed E-state index contributed by atoms with van der Waals surface area (Å²) in [5.41, 5.74) is 2.84. The zero-order valence-corrected chi connectivity index (χ0v) is 16.0. The third kappa shape index (κ3) is 9.32. The van der Waals surface area contributed by atoms with Crippen LogP contribution in [-0.2, 0) is 45.4 Å². The van der Waals surface area contributed by atoms with Gasteiger partial charge in [-0.1, -0.05) is 12.1 Å². The highest BCUT2D eigenvalue weighted by Gasteiger charge is 1.99. The van der Waals surface area contributed by atoms with Crippen molar-refractivity contribution in [1.82, 2.24) is 9.97 Å². The maximum absolute atomic E-state index is 9.04. The van der Waals surface area contributed by atoms with Crippen LogP contribution in [0, 0.1) is 0 Å². The SMILES string of the molecule is OCc1cccc(COCCOCCOCCOCc2cccc(CO)n2)n1. The number of aliphatic hydroxyl groups excluding tert-OH is 2. The van der Waals surface area contributed by atoms with Crippen molar-refractivity contribution in [2.24, 2.45) is 0 Å². The van der Waals surface area contributed by atoms with Gasteiger partial charge < -0.3 is 29.2 Å². The van der Waals surface area contributed by atoms with E-state index < -0.39 is 0 Å². The third-order valence-electron chi connectivity index (χ3n) is 3.67. The van der Waals surface area contributed by atoms with Gasteiger partial charge in [0.25, 0.3) is 0 Å². The van der Waals surface area contributed by atoms with Gasteiger partial charge in [0.2, 0.25) is 0 Å². The van der Waals surface area contributed by atoms with Gasteiger partial charge >= 0.3 is 0 Å². The number of ether oxygens (including phenoxy) is 4. The number of pyridine rings is 2. The van der Waals surface area contributed by atoms with E-state index in [2.05, 4.69) is 9.97 Å². The molecule has 2 heterocycles. The first-order valence-corrected chi connectivity index (χ1v) is 9.24. The molecule has 0 fully saturated rings. The summed E-state index contributed by atoms with van der Waals surface area (Å²) in [6.45, 7) is 3.50. The molecule has 0 radical (unpaired) electrons. The van der Waals surface area contributed by atoms with Crippen LogP contribution in [0.5, 0.6) is 0 Å². The molecule has 0 bridgehead atoms. The molecule has 0 saturated carbocycles. The van der Waals surface area contributed by atoms with Crippen molar-refractivity contribution >= 4 is 0 Å². The Bertz CT molecular complexity index is 613. The second kappa shape index (κ2) is 14.1. The second-order valence-electron chi connectivity index (χ2n) is 5.89. The lowest BCUT2D eigenvalue weighted by molar-refractivity contribution is -0.00682. The molecule has 0 atom stereocenters. The molecule has 2 aromatic rings. The molecule has 0 amide bonds. The topological polar surface area (TPSA) is 103 Å². The Morgan fingerprint density at radius 1 is 0.536 bits per heavy atom. The molecule has 0 aliphatic rings. The molecule has 8 heteroatoms. The fourth-order valence-corrected chi connectivity index (χ4v) is 2.31. The van der Waals surface area contributed by atoms with Crippen molar-refractivity contribution in [3.05, 3.63) is 59.2 Å². The molecule has 28 heavy (non-hydrogen) atoms. The highest BCUT2D eigenvalue weighted by molar-refractivity contribution is 5.10. The maximum atomic E-state index is 9.04. The van der Waals surface area contributed by atoms with Gasteiger partial charge in [0, 0.05) is 0 Å². The van der Waals surface area contributed by atoms with Crippen LogP contribution in [0.1, 0.15) is 22.8 Å². The van der Waals surface area contributed by atoms with E-state index in [4.69, 9.17) is 29.2 Å². The number of aliphatic hydroxyl groups is 2. The van der Waals surface area contributed by atoms with Gasteiger partial charge in [-0.25, -0.2) is 0 Å². The fraction of sp³-hybridized carbons (Fsp3) is 0.500. The van der Waals surface area contributed by atoms with Crippen LogP contribution in [0.3, 0.4) is 0 Å². The molecule has 0 spiro atoms. The molecular formula is C20H28N2O6. The van der Waals surface area contributed by atoms with Crippen LogP contribution in [0.25, 0.3) is 0 Å². The largest absolute Gasteiger partial charge is 0.390 e. The van der Waals surface area contributed by atoms with E-state index in [1.54, 1.807) is 12.1 Å². The van der Waals surface area contributed by atoms with Crippen LogP contribution < -0.4 is 0 Å². The molecule has 0 saturated heterocycles. The summed E-state index contributed by atoms with van der Waals surface area (Å²) in [4.78, 5) is 8.48. The minimum Gasteiger partial charge on any atom is -0.390 e. The molecule has 0 unspecified atom stereocenters. The van der Waals surface area contributed by atoms with E-state index in [1.165, 1.54) is 0 Å². The summed E-state index contributed by atoms with van der Waals surface area (Å²) < 4.78 is 21.8. The lowest BCUT2D eigenvalue weighted by Crippen LogP contribution is -2.12. The first kappa shape index (κ1) is 22.4. The molecule has 0 aromatic carbocycles. The van der Waals surface area contributed by atoms with Crippen LogP contribution >= 0.6 is 0 Å². The summed E-state index contributed by atoms with van der Waals surface area (Å²) in [6.07, 6.45) is 0. The first-order valence-electron chi connectivity index (χ1n) is 9.24. The molecule has 154 valence electrons. The van der Waals surface area contributed by atoms with Crippen molar-refractivity contribution in [1.29, 1.82) is 0 Å². The average Bonchev–Trinajstić information content (AvgIpc) is 2.74. The van der Waals surface area contributed by atoms with Crippen molar-refractivity contribution in [2.75, 3.05) is 39.6 Å². The van der Waals surface area contributed by atoms with E-state index in [0.717, 1.165) is 11.4 Å². The lowest BCUT2D eigenvalue weighted by Gasteiger charge is -2.08. The quantitative estimate of drug-likeness (QED) is 0.436. The maximum Gasteiger partial charge on any atom is 0.0889 e. The zero-order chi connectivity index (χ0) is 19.9. The van der Waals surface area contributed by atoms with Crippen LogP contribution in [0.4, 0.5) is 0 Å². The highest BCUT2D eigenvalue weighted by Crippen LogP contribution is 2.02. The molecule has 0 aliphatic heterocycles. The molecule has 8 nitrogen and oxygen atoms in total. The van der Waals surface area contributed by atoms with Gasteiger partial charge in [-0.3, -0.25) is 9.97 Å². The van der Waals surface area contributed by atoms with Crippen molar-refractivity contribution in [3.63, 3.8) is 0 Å². The van der Waals surface area contributed by atoms with Gasteiger partial charge in [-0.2, -0.15) is 0 Å². The van der Waals surface area contributed by atoms with Gasteiger partial charge in [0.1, 0.15) is 0 Å². The Balaban J connectivity index is 1.38. The van der Waals surface area contributed by atoms with Gasteiger partial charge in [0.05, 0.1) is 88.8 Å². The Hall–Kier alpha value is -1.94. The fourth-order valence-electron chi connectivity index (χ4n) is 2.31. The number of hydrogen-bond acceptors (Lipinski definition) is 8. The summed E-state index contributed by atoms with van der Waals surface area (Å²) in [6, 6.07) is 10.9. The predicted molar refractivity (Wildman–Crippen MR) is 101 cm³/mol. The molecule has 2 N–H and O–H groups in total. The zero-order valence-electron chi connectivity index (χ0n) is 16.0. The van der Waals surface area contributed by atoms with E-state index in [1.807, 2.05) is 24.3 Å². The van der Waals surface area contributed by atoms with E-state index in [-0.39, 0.29) is 13.2 Å². The minimum atomic E-state index is -0.0736. The summed E-state index contributed by atoms with van der Waals surface area (Å²) in [7, 11) is 0. The van der Waals surface area contributed by atoms with E-state index in [0.29, 0.717) is 64.2 Å². The van der Waals surface area contributed by atoms with Crippen LogP contribution in [0.2, 0.25) is 0 Å². The summed E-state index contributed by atoms with van der Waals surface area (Å²) in [5.74, 6) is 0. The average molecular weight is 392 g/mol. The molecule has 2 aromatic heterocycles. The second-order valence-corrected chi connectivity index (χ2v) is 5.89. The normalized spacial score (nSPS) is 11.1. The smallest absolute Gasteiger partial charge is 0.0889 e.